The molecule has 0 spiro atoms. The number of esters is 1. The number of carbonyl (C=O) groups is 1. The van der Waals surface area contributed by atoms with Crippen LogP contribution in [0, 0.1) is 0 Å². The molecule has 16 heavy (non-hydrogen) atoms. The first-order chi connectivity index (χ1) is 7.33. The Morgan fingerprint density at radius 3 is 2.62 bits per heavy atom. The Balaban J connectivity index is 2.96. The van der Waals surface area contributed by atoms with E-state index in [1.165, 1.54) is 0 Å². The quantitative estimate of drug-likeness (QED) is 0.644. The Labute approximate surface area is 93.0 Å². The Morgan fingerprint density at radius 1 is 1.56 bits per heavy atom. The number of hydrogen-bond acceptors (Lipinski definition) is 5. The van der Waals surface area contributed by atoms with E-state index in [4.69, 9.17) is 5.73 Å². The number of ether oxygens (including phenoxy) is 1. The third kappa shape index (κ3) is 3.30. The number of aromatic nitrogens is 1. The molecule has 0 fully saturated rings. The highest BCUT2D eigenvalue weighted by Crippen LogP contribution is 2.36. The lowest BCUT2D eigenvalue weighted by Gasteiger charge is -2.07. The highest BCUT2D eigenvalue weighted by Gasteiger charge is 2.30. The first-order valence-corrected chi connectivity index (χ1v) is 4.74. The van der Waals surface area contributed by atoms with Crippen LogP contribution in [0.3, 0.4) is 0 Å². The van der Waals surface area contributed by atoms with Gasteiger partial charge >= 0.3 is 11.5 Å². The van der Waals surface area contributed by atoms with E-state index in [1.54, 1.807) is 0 Å². The molecule has 8 heteroatoms. The van der Waals surface area contributed by atoms with Crippen molar-refractivity contribution in [1.29, 1.82) is 0 Å². The van der Waals surface area contributed by atoms with Crippen molar-refractivity contribution in [1.82, 2.24) is 4.98 Å². The summed E-state index contributed by atoms with van der Waals surface area (Å²) in [4.78, 5) is 14.5. The number of nitrogen functional groups attached to an aromatic ring is 1. The van der Waals surface area contributed by atoms with Gasteiger partial charge in [0.15, 0.2) is 0 Å². The topological polar surface area (TPSA) is 65.2 Å². The van der Waals surface area contributed by atoms with Gasteiger partial charge in [0, 0.05) is 18.0 Å². The average molecular weight is 252 g/mol. The van der Waals surface area contributed by atoms with Crippen LogP contribution < -0.4 is 5.73 Å². The van der Waals surface area contributed by atoms with Gasteiger partial charge in [-0.05, 0) is 6.07 Å². The van der Waals surface area contributed by atoms with E-state index >= 15 is 0 Å². The standard InChI is InChI=1S/C8H7F3N2O2S/c1-15-7(14)4-3-13-6(2-5(4)12)16-8(9,10)11/h2-3H,1H3,(H2,12,13). The molecule has 0 aliphatic heterocycles. The Bertz CT molecular complexity index is 409. The summed E-state index contributed by atoms with van der Waals surface area (Å²) in [5.74, 6) is -0.742. The molecule has 1 rings (SSSR count). The lowest BCUT2D eigenvalue weighted by atomic mass is 10.2. The number of rotatable bonds is 2. The summed E-state index contributed by atoms with van der Waals surface area (Å²) in [6.07, 6.45) is 0.954. The monoisotopic (exact) mass is 252 g/mol. The highest BCUT2D eigenvalue weighted by molar-refractivity contribution is 8.00. The smallest absolute Gasteiger partial charge is 0.447 e. The molecule has 0 unspecified atom stereocenters. The molecule has 4 nitrogen and oxygen atoms in total. The molecule has 1 aromatic rings. The summed E-state index contributed by atoms with van der Waals surface area (Å²) in [7, 11) is 1.14. The van der Waals surface area contributed by atoms with Crippen molar-refractivity contribution in [2.75, 3.05) is 12.8 Å². The SMILES string of the molecule is COC(=O)c1cnc(SC(F)(F)F)cc1N. The van der Waals surface area contributed by atoms with E-state index in [-0.39, 0.29) is 16.3 Å². The zero-order valence-electron chi connectivity index (χ0n) is 8.04. The zero-order valence-corrected chi connectivity index (χ0v) is 8.85. The van der Waals surface area contributed by atoms with Gasteiger partial charge in [-0.1, -0.05) is 0 Å². The number of halogens is 3. The molecular weight excluding hydrogens is 245 g/mol. The molecule has 0 aliphatic rings. The van der Waals surface area contributed by atoms with Gasteiger partial charge in [-0.2, -0.15) is 13.2 Å². The molecule has 1 aromatic heterocycles. The second-order valence-electron chi connectivity index (χ2n) is 2.65. The number of carbonyl (C=O) groups excluding carboxylic acids is 1. The van der Waals surface area contributed by atoms with E-state index in [2.05, 4.69) is 9.72 Å². The fourth-order valence-electron chi connectivity index (χ4n) is 0.906. The van der Waals surface area contributed by atoms with Gasteiger partial charge in [-0.3, -0.25) is 0 Å². The molecule has 0 aliphatic carbocycles. The van der Waals surface area contributed by atoms with Gasteiger partial charge < -0.3 is 10.5 Å². The second kappa shape index (κ2) is 4.60. The molecule has 0 bridgehead atoms. The predicted octanol–water partition coefficient (Wildman–Crippen LogP) is 2.06. The predicted molar refractivity (Wildman–Crippen MR) is 51.9 cm³/mol. The van der Waals surface area contributed by atoms with Gasteiger partial charge in [-0.15, -0.1) is 0 Å². The van der Waals surface area contributed by atoms with E-state index in [1.807, 2.05) is 0 Å². The van der Waals surface area contributed by atoms with Crippen LogP contribution >= 0.6 is 11.8 Å². The summed E-state index contributed by atoms with van der Waals surface area (Å²) >= 11 is -0.400. The summed E-state index contributed by atoms with van der Waals surface area (Å²) in [5, 5.41) is -0.322. The number of hydrogen-bond donors (Lipinski definition) is 1. The third-order valence-corrected chi connectivity index (χ3v) is 2.20. The largest absolute Gasteiger partial charge is 0.465 e. The summed E-state index contributed by atoms with van der Waals surface area (Å²) in [5.41, 5.74) is 0.793. The molecule has 88 valence electrons. The molecular formula is C8H7F3N2O2S. The molecule has 0 atom stereocenters. The molecule has 0 radical (unpaired) electrons. The summed E-state index contributed by atoms with van der Waals surface area (Å²) < 4.78 is 40.3. The van der Waals surface area contributed by atoms with Crippen LogP contribution in [0.4, 0.5) is 18.9 Å². The van der Waals surface area contributed by atoms with Gasteiger partial charge in [0.05, 0.1) is 12.8 Å². The minimum atomic E-state index is -4.44. The van der Waals surface area contributed by atoms with Crippen molar-refractivity contribution in [2.24, 2.45) is 0 Å². The van der Waals surface area contributed by atoms with Gasteiger partial charge in [0.2, 0.25) is 0 Å². The Hall–Kier alpha value is -1.44. The lowest BCUT2D eigenvalue weighted by Crippen LogP contribution is -2.07. The van der Waals surface area contributed by atoms with Crippen molar-refractivity contribution in [3.8, 4) is 0 Å². The van der Waals surface area contributed by atoms with Crippen molar-refractivity contribution in [2.45, 2.75) is 10.5 Å². The number of alkyl halides is 3. The minimum absolute atomic E-state index is 0.0611. The van der Waals surface area contributed by atoms with E-state index in [0.29, 0.717) is 0 Å². The highest BCUT2D eigenvalue weighted by atomic mass is 32.2. The first-order valence-electron chi connectivity index (χ1n) is 3.93. The second-order valence-corrected chi connectivity index (χ2v) is 3.73. The number of pyridine rings is 1. The van der Waals surface area contributed by atoms with Crippen molar-refractivity contribution in [3.05, 3.63) is 17.8 Å². The van der Waals surface area contributed by atoms with Crippen LogP contribution in [0.25, 0.3) is 0 Å². The fourth-order valence-corrected chi connectivity index (χ4v) is 1.43. The van der Waals surface area contributed by atoms with Gasteiger partial charge in [-0.25, -0.2) is 9.78 Å². The summed E-state index contributed by atoms with van der Waals surface area (Å²) in [6, 6.07) is 0.977. The first kappa shape index (κ1) is 12.6. The van der Waals surface area contributed by atoms with Crippen LogP contribution in [0.1, 0.15) is 10.4 Å². The van der Waals surface area contributed by atoms with Crippen molar-refractivity contribution < 1.29 is 22.7 Å². The number of thioether (sulfide) groups is 1. The third-order valence-electron chi connectivity index (χ3n) is 1.54. The average Bonchev–Trinajstić information content (AvgIpc) is 2.14. The normalized spacial score (nSPS) is 11.2. The number of anilines is 1. The maximum atomic E-state index is 12.0. The number of methoxy groups -OCH3 is 1. The molecule has 1 heterocycles. The Morgan fingerprint density at radius 2 is 2.19 bits per heavy atom. The van der Waals surface area contributed by atoms with Crippen LogP contribution in [0.2, 0.25) is 0 Å². The van der Waals surface area contributed by atoms with Crippen LogP contribution in [-0.2, 0) is 4.74 Å². The van der Waals surface area contributed by atoms with E-state index in [0.717, 1.165) is 19.4 Å². The molecule has 0 saturated heterocycles. The Kier molecular flexibility index (Phi) is 3.63. The van der Waals surface area contributed by atoms with Crippen LogP contribution in [0.15, 0.2) is 17.3 Å². The van der Waals surface area contributed by atoms with E-state index in [9.17, 15) is 18.0 Å². The van der Waals surface area contributed by atoms with E-state index < -0.39 is 23.2 Å². The van der Waals surface area contributed by atoms with Crippen molar-refractivity contribution >= 4 is 23.4 Å². The molecule has 2 N–H and O–H groups in total. The zero-order chi connectivity index (χ0) is 12.3. The molecule has 0 saturated carbocycles. The fraction of sp³-hybridized carbons (Fsp3) is 0.250. The van der Waals surface area contributed by atoms with Gasteiger partial charge in [0.1, 0.15) is 10.6 Å². The summed E-state index contributed by atoms with van der Waals surface area (Å²) in [6.45, 7) is 0. The molecule has 0 aromatic carbocycles. The van der Waals surface area contributed by atoms with Crippen LogP contribution in [0.5, 0.6) is 0 Å². The lowest BCUT2D eigenvalue weighted by molar-refractivity contribution is -0.0329. The van der Waals surface area contributed by atoms with Crippen molar-refractivity contribution in [3.63, 3.8) is 0 Å². The van der Waals surface area contributed by atoms with Crippen LogP contribution in [-0.4, -0.2) is 23.6 Å². The minimum Gasteiger partial charge on any atom is -0.465 e. The molecule has 0 amide bonds. The number of nitrogens with two attached hydrogens (primary N) is 1. The van der Waals surface area contributed by atoms with Gasteiger partial charge in [0.25, 0.3) is 0 Å². The number of nitrogens with zero attached hydrogens (tertiary/aromatic N) is 1. The maximum absolute atomic E-state index is 12.0. The maximum Gasteiger partial charge on any atom is 0.447 e.